The molecule has 1 aromatic heterocycles. The van der Waals surface area contributed by atoms with Crippen molar-refractivity contribution in [1.29, 1.82) is 0 Å². The summed E-state index contributed by atoms with van der Waals surface area (Å²) >= 11 is 1.38. The molecule has 1 fully saturated rings. The summed E-state index contributed by atoms with van der Waals surface area (Å²) in [4.78, 5) is 15.1. The molecule has 9 heteroatoms. The standard InChI is InChI=1S/C25H31N5O3S/c1-25(2,29-13-15-33-16-14-29)18-26-22(31)17-34-24-28-27-23(19-9-11-21(32-3)12-10-19)30(24)20-7-5-4-6-8-20/h4-12H,13-18H2,1-3H3,(H,26,31). The van der Waals surface area contributed by atoms with E-state index in [0.717, 1.165) is 43.3 Å². The summed E-state index contributed by atoms with van der Waals surface area (Å²) in [6, 6.07) is 17.6. The van der Waals surface area contributed by atoms with Crippen molar-refractivity contribution in [3.63, 3.8) is 0 Å². The van der Waals surface area contributed by atoms with Gasteiger partial charge in [0.2, 0.25) is 5.91 Å². The van der Waals surface area contributed by atoms with E-state index in [1.165, 1.54) is 11.8 Å². The smallest absolute Gasteiger partial charge is 0.230 e. The molecule has 1 aliphatic rings. The molecule has 1 saturated heterocycles. The van der Waals surface area contributed by atoms with Crippen molar-refractivity contribution < 1.29 is 14.3 Å². The first-order chi connectivity index (χ1) is 16.5. The molecule has 8 nitrogen and oxygen atoms in total. The fourth-order valence-corrected chi connectivity index (χ4v) is 4.66. The van der Waals surface area contributed by atoms with E-state index < -0.39 is 0 Å². The molecule has 2 aromatic carbocycles. The van der Waals surface area contributed by atoms with Crippen molar-refractivity contribution in [1.82, 2.24) is 25.0 Å². The van der Waals surface area contributed by atoms with Crippen molar-refractivity contribution in [3.8, 4) is 22.8 Å². The minimum Gasteiger partial charge on any atom is -0.497 e. The second-order valence-corrected chi connectivity index (χ2v) is 9.63. The summed E-state index contributed by atoms with van der Waals surface area (Å²) in [6.07, 6.45) is 0. The lowest BCUT2D eigenvalue weighted by Gasteiger charge is -2.40. The number of benzene rings is 2. The molecule has 0 unspecified atom stereocenters. The number of hydrogen-bond acceptors (Lipinski definition) is 7. The number of hydrogen-bond donors (Lipinski definition) is 1. The summed E-state index contributed by atoms with van der Waals surface area (Å²) < 4.78 is 12.7. The molecule has 1 aliphatic heterocycles. The molecule has 2 heterocycles. The first kappa shape index (κ1) is 24.3. The third-order valence-corrected chi connectivity index (χ3v) is 6.84. The van der Waals surface area contributed by atoms with Gasteiger partial charge in [0.25, 0.3) is 0 Å². The lowest BCUT2D eigenvalue weighted by atomic mass is 10.0. The van der Waals surface area contributed by atoms with Gasteiger partial charge in [-0.2, -0.15) is 0 Å². The quantitative estimate of drug-likeness (QED) is 0.470. The van der Waals surface area contributed by atoms with E-state index >= 15 is 0 Å². The number of thioether (sulfide) groups is 1. The van der Waals surface area contributed by atoms with Gasteiger partial charge in [0.05, 0.1) is 26.1 Å². The number of aromatic nitrogens is 3. The van der Waals surface area contributed by atoms with Crippen molar-refractivity contribution in [3.05, 3.63) is 54.6 Å². The van der Waals surface area contributed by atoms with E-state index in [2.05, 4.69) is 34.3 Å². The number of carbonyl (C=O) groups excluding carboxylic acids is 1. The normalized spacial score (nSPS) is 14.7. The van der Waals surface area contributed by atoms with Crippen LogP contribution in [0.2, 0.25) is 0 Å². The highest BCUT2D eigenvalue weighted by Gasteiger charge is 2.28. The molecule has 4 rings (SSSR count). The number of amides is 1. The summed E-state index contributed by atoms with van der Waals surface area (Å²) in [6.45, 7) is 8.11. The second-order valence-electron chi connectivity index (χ2n) is 8.68. The zero-order chi connectivity index (χ0) is 24.0. The Bertz CT molecular complexity index is 1080. The maximum Gasteiger partial charge on any atom is 0.230 e. The lowest BCUT2D eigenvalue weighted by molar-refractivity contribution is -0.119. The zero-order valence-corrected chi connectivity index (χ0v) is 20.7. The van der Waals surface area contributed by atoms with Gasteiger partial charge in [-0.05, 0) is 50.2 Å². The van der Waals surface area contributed by atoms with Crippen molar-refractivity contribution in [2.45, 2.75) is 24.5 Å². The van der Waals surface area contributed by atoms with Crippen LogP contribution >= 0.6 is 11.8 Å². The number of rotatable bonds is 9. The third kappa shape index (κ3) is 5.78. The first-order valence-electron chi connectivity index (χ1n) is 11.4. The van der Waals surface area contributed by atoms with Gasteiger partial charge in [-0.3, -0.25) is 14.3 Å². The summed E-state index contributed by atoms with van der Waals surface area (Å²) in [5, 5.41) is 12.6. The van der Waals surface area contributed by atoms with E-state index in [9.17, 15) is 4.79 Å². The Balaban J connectivity index is 1.46. The highest BCUT2D eigenvalue weighted by molar-refractivity contribution is 7.99. The second kappa shape index (κ2) is 11.0. The molecule has 0 bridgehead atoms. The molecule has 0 saturated carbocycles. The molecule has 1 amide bonds. The summed E-state index contributed by atoms with van der Waals surface area (Å²) in [5.74, 6) is 1.72. The number of nitrogens with one attached hydrogen (secondary N) is 1. The lowest BCUT2D eigenvalue weighted by Crippen LogP contribution is -2.55. The SMILES string of the molecule is COc1ccc(-c2nnc(SCC(=O)NCC(C)(C)N3CCOCC3)n2-c2ccccc2)cc1. The third-order valence-electron chi connectivity index (χ3n) is 5.91. The van der Waals surface area contributed by atoms with Gasteiger partial charge in [-0.25, -0.2) is 0 Å². The Morgan fingerprint density at radius 1 is 1.09 bits per heavy atom. The Labute approximate surface area is 204 Å². The van der Waals surface area contributed by atoms with E-state index in [-0.39, 0.29) is 17.2 Å². The van der Waals surface area contributed by atoms with Crippen molar-refractivity contribution in [2.24, 2.45) is 0 Å². The van der Waals surface area contributed by atoms with Crippen LogP contribution in [0.25, 0.3) is 17.1 Å². The van der Waals surface area contributed by atoms with Crippen LogP contribution in [0.4, 0.5) is 0 Å². The number of morpholine rings is 1. The van der Waals surface area contributed by atoms with Crippen LogP contribution in [-0.2, 0) is 9.53 Å². The number of para-hydroxylation sites is 1. The molecule has 0 spiro atoms. The molecule has 1 N–H and O–H groups in total. The summed E-state index contributed by atoms with van der Waals surface area (Å²) in [5.41, 5.74) is 1.73. The Kier molecular flexibility index (Phi) is 7.87. The molecule has 34 heavy (non-hydrogen) atoms. The van der Waals surface area contributed by atoms with Gasteiger partial charge in [-0.1, -0.05) is 30.0 Å². The Morgan fingerprint density at radius 3 is 2.47 bits per heavy atom. The topological polar surface area (TPSA) is 81.5 Å². The van der Waals surface area contributed by atoms with Crippen LogP contribution in [0.1, 0.15) is 13.8 Å². The van der Waals surface area contributed by atoms with Crippen molar-refractivity contribution >= 4 is 17.7 Å². The average molecular weight is 482 g/mol. The van der Waals surface area contributed by atoms with Gasteiger partial charge in [0.1, 0.15) is 5.75 Å². The number of methoxy groups -OCH3 is 1. The molecular formula is C25H31N5O3S. The number of nitrogens with zero attached hydrogens (tertiary/aromatic N) is 4. The maximum atomic E-state index is 12.7. The van der Waals surface area contributed by atoms with E-state index in [1.54, 1.807) is 7.11 Å². The number of ether oxygens (including phenoxy) is 2. The average Bonchev–Trinajstić information content (AvgIpc) is 3.31. The minimum absolute atomic E-state index is 0.0278. The van der Waals surface area contributed by atoms with Crippen LogP contribution in [0.5, 0.6) is 5.75 Å². The highest BCUT2D eigenvalue weighted by atomic mass is 32.2. The Hall–Kier alpha value is -2.88. The van der Waals surface area contributed by atoms with E-state index in [0.29, 0.717) is 17.5 Å². The fraction of sp³-hybridized carbons (Fsp3) is 0.400. The maximum absolute atomic E-state index is 12.7. The minimum atomic E-state index is -0.129. The van der Waals surface area contributed by atoms with Gasteiger partial charge >= 0.3 is 0 Å². The molecule has 180 valence electrons. The van der Waals surface area contributed by atoms with Crippen LogP contribution < -0.4 is 10.1 Å². The highest BCUT2D eigenvalue weighted by Crippen LogP contribution is 2.29. The van der Waals surface area contributed by atoms with E-state index in [1.807, 2.05) is 59.2 Å². The van der Waals surface area contributed by atoms with Gasteiger partial charge in [0, 0.05) is 36.4 Å². The number of carbonyl (C=O) groups is 1. The summed E-state index contributed by atoms with van der Waals surface area (Å²) in [7, 11) is 1.64. The van der Waals surface area contributed by atoms with Gasteiger partial charge < -0.3 is 14.8 Å². The fourth-order valence-electron chi connectivity index (χ4n) is 3.88. The van der Waals surface area contributed by atoms with Crippen LogP contribution in [0.15, 0.2) is 59.8 Å². The molecule has 0 radical (unpaired) electrons. The predicted octanol–water partition coefficient (Wildman–Crippen LogP) is 3.26. The van der Waals surface area contributed by atoms with Gasteiger partial charge in [-0.15, -0.1) is 10.2 Å². The molecule has 3 aromatic rings. The molecular weight excluding hydrogens is 450 g/mol. The van der Waals surface area contributed by atoms with Gasteiger partial charge in [0.15, 0.2) is 11.0 Å². The van der Waals surface area contributed by atoms with Crippen LogP contribution in [-0.4, -0.2) is 76.8 Å². The van der Waals surface area contributed by atoms with E-state index in [4.69, 9.17) is 9.47 Å². The Morgan fingerprint density at radius 2 is 1.79 bits per heavy atom. The van der Waals surface area contributed by atoms with Crippen LogP contribution in [0, 0.1) is 0 Å². The van der Waals surface area contributed by atoms with Crippen molar-refractivity contribution in [2.75, 3.05) is 45.7 Å². The first-order valence-corrected chi connectivity index (χ1v) is 12.3. The predicted molar refractivity (Wildman–Crippen MR) is 134 cm³/mol. The zero-order valence-electron chi connectivity index (χ0n) is 19.9. The monoisotopic (exact) mass is 481 g/mol. The largest absolute Gasteiger partial charge is 0.497 e. The van der Waals surface area contributed by atoms with Crippen LogP contribution in [0.3, 0.4) is 0 Å². The molecule has 0 aliphatic carbocycles. The molecule has 0 atom stereocenters.